The quantitative estimate of drug-likeness (QED) is 0.0907. The summed E-state index contributed by atoms with van der Waals surface area (Å²) in [7, 11) is 1.78. The molecular weight excluding hydrogens is 861 g/mol. The molecule has 8 rings (SSSR count). The summed E-state index contributed by atoms with van der Waals surface area (Å²) in [5.41, 5.74) is 10.6. The Morgan fingerprint density at radius 2 is 1.56 bits per heavy atom. The number of fused-ring (bicyclic) bond motifs is 2. The molecule has 68 heavy (non-hydrogen) atoms. The van der Waals surface area contributed by atoms with Crippen molar-refractivity contribution in [3.8, 4) is 28.1 Å². The Morgan fingerprint density at radius 1 is 0.912 bits per heavy atom. The molecule has 0 bridgehead atoms. The molecule has 1 unspecified atom stereocenters. The van der Waals surface area contributed by atoms with E-state index in [4.69, 9.17) is 10.5 Å². The van der Waals surface area contributed by atoms with Crippen LogP contribution in [0.3, 0.4) is 0 Å². The third-order valence-electron chi connectivity index (χ3n) is 13.0. The number of para-hydroxylation sites is 1. The first-order chi connectivity index (χ1) is 32.5. The number of likely N-dealkylation sites (tertiary alicyclic amines) is 1. The highest BCUT2D eigenvalue weighted by Gasteiger charge is 2.35. The molecule has 4 aromatic carbocycles. The number of carbonyl (C=O) groups excluding carboxylic acids is 3. The van der Waals surface area contributed by atoms with Crippen molar-refractivity contribution in [2.24, 2.45) is 18.2 Å². The van der Waals surface area contributed by atoms with Crippen LogP contribution in [-0.2, 0) is 34.5 Å². The van der Waals surface area contributed by atoms with Crippen LogP contribution in [0.4, 0.5) is 0 Å². The van der Waals surface area contributed by atoms with Gasteiger partial charge in [-0.2, -0.15) is 5.10 Å². The lowest BCUT2D eigenvalue weighted by Gasteiger charge is -2.38. The van der Waals surface area contributed by atoms with Crippen LogP contribution in [0.5, 0.6) is 5.75 Å². The molecule has 4 heterocycles. The van der Waals surface area contributed by atoms with Crippen molar-refractivity contribution in [3.05, 3.63) is 147 Å². The first-order valence-corrected chi connectivity index (χ1v) is 22.9. The van der Waals surface area contributed by atoms with E-state index in [-0.39, 0.29) is 47.4 Å². The van der Waals surface area contributed by atoms with Gasteiger partial charge >= 0.3 is 0 Å². The van der Waals surface area contributed by atoms with E-state index in [0.29, 0.717) is 66.8 Å². The largest absolute Gasteiger partial charge is 0.484 e. The second-order valence-electron chi connectivity index (χ2n) is 18.4. The van der Waals surface area contributed by atoms with Gasteiger partial charge in [-0.25, -0.2) is 4.98 Å². The third-order valence-corrected chi connectivity index (χ3v) is 13.0. The Bertz CT molecular complexity index is 3040. The molecule has 5 N–H and O–H groups in total. The molecule has 1 aliphatic rings. The van der Waals surface area contributed by atoms with E-state index in [1.54, 1.807) is 42.1 Å². The number of H-pyrrole nitrogens is 1. The SMILES string of the molecule is CCC(C)(C)C(=O)NCc1ccc(-c2c3ncn(CC4(O)CCN(C(=O)CC(C)c5ccccc5)CC4)c(=O)c3nn2C)cc1.Cc1[nH]c2ccccc2c(=O)c1-c1ccc(OCC(N)=O)cc1. The molecule has 3 amide bonds. The third kappa shape index (κ3) is 11.1. The molecule has 0 aliphatic carbocycles. The number of piperidine rings is 1. The van der Waals surface area contributed by atoms with Crippen LogP contribution in [0.25, 0.3) is 44.3 Å². The molecule has 1 atom stereocenters. The summed E-state index contributed by atoms with van der Waals surface area (Å²) >= 11 is 0. The predicted molar refractivity (Wildman–Crippen MR) is 264 cm³/mol. The minimum absolute atomic E-state index is 0.0114. The monoisotopic (exact) mass is 920 g/mol. The molecule has 0 radical (unpaired) electrons. The number of hydrogen-bond acceptors (Lipinski definition) is 9. The minimum atomic E-state index is -1.13. The molecule has 1 saturated heterocycles. The Labute approximate surface area is 395 Å². The smallest absolute Gasteiger partial charge is 0.281 e. The number of rotatable bonds is 14. The maximum absolute atomic E-state index is 13.5. The van der Waals surface area contributed by atoms with Crippen molar-refractivity contribution < 1.29 is 24.2 Å². The molecule has 1 aliphatic heterocycles. The zero-order valence-corrected chi connectivity index (χ0v) is 39.5. The molecule has 15 heteroatoms. The van der Waals surface area contributed by atoms with Gasteiger partial charge in [0, 0.05) is 66.2 Å². The summed E-state index contributed by atoms with van der Waals surface area (Å²) in [6.07, 6.45) is 3.40. The fraction of sp³-hybridized carbons (Fsp3) is 0.340. The highest BCUT2D eigenvalue weighted by molar-refractivity contribution is 5.89. The van der Waals surface area contributed by atoms with Crippen molar-refractivity contribution in [3.63, 3.8) is 0 Å². The van der Waals surface area contributed by atoms with Crippen LogP contribution in [0, 0.1) is 12.3 Å². The first kappa shape index (κ1) is 48.5. The van der Waals surface area contributed by atoms with Crippen LogP contribution >= 0.6 is 0 Å². The van der Waals surface area contributed by atoms with E-state index in [9.17, 15) is 29.1 Å². The van der Waals surface area contributed by atoms with Gasteiger partial charge in [-0.05, 0) is 73.1 Å². The number of carbonyl (C=O) groups is 3. The Morgan fingerprint density at radius 3 is 2.22 bits per heavy atom. The number of pyridine rings is 1. The van der Waals surface area contributed by atoms with Gasteiger partial charge in [0.1, 0.15) is 11.3 Å². The molecule has 354 valence electrons. The second kappa shape index (κ2) is 20.6. The van der Waals surface area contributed by atoms with Crippen molar-refractivity contribution in [2.75, 3.05) is 19.7 Å². The summed E-state index contributed by atoms with van der Waals surface area (Å²) in [5, 5.41) is 19.6. The molecule has 1 fully saturated rings. The van der Waals surface area contributed by atoms with Gasteiger partial charge in [-0.1, -0.05) is 107 Å². The van der Waals surface area contributed by atoms with Crippen LogP contribution in [-0.4, -0.2) is 77.3 Å². The van der Waals surface area contributed by atoms with Crippen LogP contribution in [0.2, 0.25) is 0 Å². The molecular formula is C53H60N8O7. The molecule has 0 spiro atoms. The zero-order chi connectivity index (χ0) is 48.8. The fourth-order valence-electron chi connectivity index (χ4n) is 8.41. The van der Waals surface area contributed by atoms with Crippen molar-refractivity contribution >= 4 is 39.7 Å². The van der Waals surface area contributed by atoms with Crippen LogP contribution in [0.15, 0.2) is 119 Å². The van der Waals surface area contributed by atoms with Gasteiger partial charge in [0.2, 0.25) is 11.8 Å². The Kier molecular flexibility index (Phi) is 14.7. The van der Waals surface area contributed by atoms with E-state index >= 15 is 0 Å². The van der Waals surface area contributed by atoms with Crippen molar-refractivity contribution in [2.45, 2.75) is 84.9 Å². The molecule has 7 aromatic rings. The average molecular weight is 921 g/mol. The minimum Gasteiger partial charge on any atom is -0.484 e. The summed E-state index contributed by atoms with van der Waals surface area (Å²) in [6.45, 7) is 11.0. The Hall–Kier alpha value is -7.39. The lowest BCUT2D eigenvalue weighted by Crippen LogP contribution is -2.49. The second-order valence-corrected chi connectivity index (χ2v) is 18.4. The summed E-state index contributed by atoms with van der Waals surface area (Å²) in [6, 6.07) is 32.2. The standard InChI is InChI=1S/C35H44N6O4.C18H16N2O3/c1-6-34(3,4)33(44)36-21-25-12-14-27(15-13-25)31-29-30(38-39(31)5)32(43)41(23-37-29)22-35(45)16-18-40(19-17-35)28(42)20-24(2)26-10-8-7-9-11-26;1-11-17(18(22)14-4-2-3-5-15(14)20-11)12-6-8-13(9-7-12)23-10-16(19)21/h7-15,23-24,45H,6,16-22H2,1-5H3,(H,36,44);2-9H,10H2,1H3,(H2,19,21)(H,20,22). The maximum Gasteiger partial charge on any atom is 0.281 e. The number of aryl methyl sites for hydroxylation is 2. The topological polar surface area (TPSA) is 208 Å². The van der Waals surface area contributed by atoms with Gasteiger partial charge in [-0.3, -0.25) is 33.2 Å². The van der Waals surface area contributed by atoms with Crippen LogP contribution < -0.4 is 26.8 Å². The van der Waals surface area contributed by atoms with Crippen molar-refractivity contribution in [1.29, 1.82) is 0 Å². The number of aliphatic hydroxyl groups is 1. The number of nitrogens with zero attached hydrogens (tertiary/aromatic N) is 5. The highest BCUT2D eigenvalue weighted by atomic mass is 16.5. The first-order valence-electron chi connectivity index (χ1n) is 22.9. The fourth-order valence-corrected chi connectivity index (χ4v) is 8.41. The number of hydrogen-bond donors (Lipinski definition) is 4. The number of aromatic amines is 1. The Balaban J connectivity index is 0.000000248. The molecule has 0 saturated carbocycles. The summed E-state index contributed by atoms with van der Waals surface area (Å²) < 4.78 is 8.31. The lowest BCUT2D eigenvalue weighted by molar-refractivity contribution is -0.136. The van der Waals surface area contributed by atoms with E-state index < -0.39 is 16.9 Å². The van der Waals surface area contributed by atoms with E-state index in [1.807, 2.05) is 105 Å². The number of nitrogens with one attached hydrogen (secondary N) is 2. The van der Waals surface area contributed by atoms with E-state index in [2.05, 4.69) is 27.3 Å². The normalized spacial score (nSPS) is 14.0. The van der Waals surface area contributed by atoms with Gasteiger partial charge in [0.25, 0.3) is 11.5 Å². The summed E-state index contributed by atoms with van der Waals surface area (Å²) in [4.78, 5) is 72.1. The lowest BCUT2D eigenvalue weighted by atomic mass is 9.89. The van der Waals surface area contributed by atoms with Crippen LogP contribution in [0.1, 0.15) is 76.1 Å². The number of nitrogens with two attached hydrogens (primary N) is 1. The predicted octanol–water partition coefficient (Wildman–Crippen LogP) is 6.76. The van der Waals surface area contributed by atoms with Gasteiger partial charge in [0.15, 0.2) is 17.6 Å². The van der Waals surface area contributed by atoms with Gasteiger partial charge in [0.05, 0.1) is 24.2 Å². The van der Waals surface area contributed by atoms with E-state index in [1.165, 1.54) is 10.9 Å². The number of ether oxygens (including phenoxy) is 1. The zero-order valence-electron chi connectivity index (χ0n) is 39.5. The highest BCUT2D eigenvalue weighted by Crippen LogP contribution is 2.29. The van der Waals surface area contributed by atoms with E-state index in [0.717, 1.165) is 39.9 Å². The van der Waals surface area contributed by atoms with Gasteiger partial charge in [-0.15, -0.1) is 0 Å². The molecule has 3 aromatic heterocycles. The maximum atomic E-state index is 13.5. The van der Waals surface area contributed by atoms with Gasteiger partial charge < -0.3 is 30.8 Å². The summed E-state index contributed by atoms with van der Waals surface area (Å²) in [5.74, 6) is 0.207. The number of primary amides is 1. The average Bonchev–Trinajstić information content (AvgIpc) is 3.68. The number of aromatic nitrogens is 5. The number of benzene rings is 4. The molecule has 15 nitrogen and oxygen atoms in total. The van der Waals surface area contributed by atoms with Crippen molar-refractivity contribution in [1.82, 2.24) is 34.5 Å². The number of amides is 3.